The second kappa shape index (κ2) is 8.35. The normalized spacial score (nSPS) is 9.94. The summed E-state index contributed by atoms with van der Waals surface area (Å²) in [5, 5.41) is 0. The van der Waals surface area contributed by atoms with Crippen LogP contribution in [0.1, 0.15) is 37.5 Å². The third-order valence-electron chi connectivity index (χ3n) is 2.60. The molecule has 0 aliphatic heterocycles. The molecule has 0 spiro atoms. The number of hydrogen-bond donors (Lipinski definition) is 0. The van der Waals surface area contributed by atoms with Gasteiger partial charge < -0.3 is 4.74 Å². The van der Waals surface area contributed by atoms with Crippen molar-refractivity contribution in [2.45, 2.75) is 41.0 Å². The minimum Gasteiger partial charge on any atom is -0.384 e. The second-order valence-corrected chi connectivity index (χ2v) is 4.56. The minimum atomic E-state index is 0.676. The lowest BCUT2D eigenvalue weighted by Gasteiger charge is -2.04. The van der Waals surface area contributed by atoms with Crippen molar-refractivity contribution in [1.29, 1.82) is 0 Å². The zero-order chi connectivity index (χ0) is 12.6. The smallest absolute Gasteiger partial charge is 0.0485 e. The van der Waals surface area contributed by atoms with Crippen LogP contribution in [0.5, 0.6) is 0 Å². The van der Waals surface area contributed by atoms with Crippen molar-refractivity contribution in [1.82, 2.24) is 0 Å². The van der Waals surface area contributed by atoms with E-state index in [1.165, 1.54) is 16.7 Å². The van der Waals surface area contributed by atoms with E-state index >= 15 is 0 Å². The molecule has 0 saturated heterocycles. The first-order valence-electron chi connectivity index (χ1n) is 6.06. The van der Waals surface area contributed by atoms with Crippen LogP contribution in [0.3, 0.4) is 0 Å². The van der Waals surface area contributed by atoms with Gasteiger partial charge in [-0.2, -0.15) is 0 Å². The topological polar surface area (TPSA) is 9.23 Å². The number of rotatable bonds is 3. The van der Waals surface area contributed by atoms with Crippen molar-refractivity contribution in [3.63, 3.8) is 0 Å². The van der Waals surface area contributed by atoms with E-state index in [0.717, 1.165) is 13.0 Å². The first kappa shape index (κ1) is 15.2. The molecule has 1 aromatic carbocycles. The number of methoxy groups -OCH3 is 1. The van der Waals surface area contributed by atoms with Crippen LogP contribution in [-0.4, -0.2) is 13.7 Å². The molecule has 1 rings (SSSR count). The van der Waals surface area contributed by atoms with Crippen molar-refractivity contribution in [3.05, 3.63) is 34.9 Å². The van der Waals surface area contributed by atoms with Gasteiger partial charge in [0, 0.05) is 13.7 Å². The average molecular weight is 222 g/mol. The van der Waals surface area contributed by atoms with Crippen LogP contribution in [-0.2, 0) is 11.2 Å². The largest absolute Gasteiger partial charge is 0.384 e. The van der Waals surface area contributed by atoms with Gasteiger partial charge >= 0.3 is 0 Å². The molecular formula is C15H26O. The fraction of sp³-hybridized carbons (Fsp3) is 0.600. The highest BCUT2D eigenvalue weighted by molar-refractivity contribution is 5.32. The van der Waals surface area contributed by atoms with Crippen LogP contribution in [0, 0.1) is 19.8 Å². The molecule has 0 unspecified atom stereocenters. The molecule has 0 saturated carbocycles. The molecule has 0 atom stereocenters. The Morgan fingerprint density at radius 2 is 1.81 bits per heavy atom. The van der Waals surface area contributed by atoms with Gasteiger partial charge in [-0.3, -0.25) is 0 Å². The lowest BCUT2D eigenvalue weighted by Crippen LogP contribution is -1.96. The van der Waals surface area contributed by atoms with E-state index in [1.54, 1.807) is 7.11 Å². The summed E-state index contributed by atoms with van der Waals surface area (Å²) in [5.74, 6) is 0.676. The molecule has 0 bridgehead atoms. The van der Waals surface area contributed by atoms with Crippen molar-refractivity contribution < 1.29 is 4.74 Å². The Bertz CT molecular complexity index is 289. The van der Waals surface area contributed by atoms with Crippen LogP contribution < -0.4 is 0 Å². The zero-order valence-corrected chi connectivity index (χ0v) is 11.6. The van der Waals surface area contributed by atoms with Gasteiger partial charge in [0.05, 0.1) is 0 Å². The SMILES string of the molecule is CCc1cccc(C)c1C.COCC(C)C. The van der Waals surface area contributed by atoms with Crippen LogP contribution in [0.15, 0.2) is 18.2 Å². The van der Waals surface area contributed by atoms with Crippen LogP contribution in [0.4, 0.5) is 0 Å². The molecule has 1 aromatic rings. The molecule has 0 aliphatic rings. The molecule has 0 fully saturated rings. The summed E-state index contributed by atoms with van der Waals surface area (Å²) in [6, 6.07) is 6.48. The molecule has 0 N–H and O–H groups in total. The van der Waals surface area contributed by atoms with Crippen LogP contribution >= 0.6 is 0 Å². The van der Waals surface area contributed by atoms with E-state index in [9.17, 15) is 0 Å². The Balaban J connectivity index is 0.000000325. The first-order valence-corrected chi connectivity index (χ1v) is 6.06. The molecule has 0 radical (unpaired) electrons. The maximum Gasteiger partial charge on any atom is 0.0485 e. The summed E-state index contributed by atoms with van der Waals surface area (Å²) in [5.41, 5.74) is 4.32. The summed E-state index contributed by atoms with van der Waals surface area (Å²) in [4.78, 5) is 0. The average Bonchev–Trinajstić information content (AvgIpc) is 2.23. The number of hydrogen-bond acceptors (Lipinski definition) is 1. The van der Waals surface area contributed by atoms with Gasteiger partial charge in [-0.25, -0.2) is 0 Å². The van der Waals surface area contributed by atoms with Gasteiger partial charge in [0.25, 0.3) is 0 Å². The van der Waals surface area contributed by atoms with E-state index in [-0.39, 0.29) is 0 Å². The fourth-order valence-corrected chi connectivity index (χ4v) is 1.53. The van der Waals surface area contributed by atoms with Gasteiger partial charge in [-0.05, 0) is 42.9 Å². The van der Waals surface area contributed by atoms with Gasteiger partial charge in [0.2, 0.25) is 0 Å². The van der Waals surface area contributed by atoms with E-state index in [1.807, 2.05) is 0 Å². The summed E-state index contributed by atoms with van der Waals surface area (Å²) >= 11 is 0. The van der Waals surface area contributed by atoms with Gasteiger partial charge in [-0.1, -0.05) is 39.0 Å². The van der Waals surface area contributed by atoms with Gasteiger partial charge in [0.15, 0.2) is 0 Å². The standard InChI is InChI=1S/C10H14.C5H12O/c1-4-10-7-5-6-8(2)9(10)3;1-5(2)4-6-3/h5-7H,4H2,1-3H3;5H,4H2,1-3H3. The number of ether oxygens (including phenoxy) is 1. The van der Waals surface area contributed by atoms with Crippen molar-refractivity contribution in [3.8, 4) is 0 Å². The van der Waals surface area contributed by atoms with Crippen LogP contribution in [0.2, 0.25) is 0 Å². The Morgan fingerprint density at radius 1 is 1.19 bits per heavy atom. The Hall–Kier alpha value is -0.820. The maximum atomic E-state index is 4.80. The van der Waals surface area contributed by atoms with Gasteiger partial charge in [-0.15, -0.1) is 0 Å². The molecular weight excluding hydrogens is 196 g/mol. The Morgan fingerprint density at radius 3 is 2.12 bits per heavy atom. The van der Waals surface area contributed by atoms with Crippen molar-refractivity contribution in [2.75, 3.05) is 13.7 Å². The van der Waals surface area contributed by atoms with Gasteiger partial charge in [0.1, 0.15) is 0 Å². The predicted molar refractivity (Wildman–Crippen MR) is 72.0 cm³/mol. The highest BCUT2D eigenvalue weighted by atomic mass is 16.5. The van der Waals surface area contributed by atoms with E-state index in [0.29, 0.717) is 5.92 Å². The van der Waals surface area contributed by atoms with Crippen LogP contribution in [0.25, 0.3) is 0 Å². The lowest BCUT2D eigenvalue weighted by molar-refractivity contribution is 0.167. The fourth-order valence-electron chi connectivity index (χ4n) is 1.53. The quantitative estimate of drug-likeness (QED) is 0.746. The number of aryl methyl sites for hydroxylation is 2. The highest BCUT2D eigenvalue weighted by Crippen LogP contribution is 2.12. The second-order valence-electron chi connectivity index (χ2n) is 4.56. The summed E-state index contributed by atoms with van der Waals surface area (Å²) < 4.78 is 4.80. The Kier molecular flexibility index (Phi) is 7.92. The minimum absolute atomic E-state index is 0.676. The predicted octanol–water partition coefficient (Wildman–Crippen LogP) is 4.15. The highest BCUT2D eigenvalue weighted by Gasteiger charge is 1.95. The molecule has 0 aliphatic carbocycles. The van der Waals surface area contributed by atoms with E-state index in [4.69, 9.17) is 4.74 Å². The van der Waals surface area contributed by atoms with E-state index in [2.05, 4.69) is 52.8 Å². The third kappa shape index (κ3) is 5.92. The lowest BCUT2D eigenvalue weighted by atomic mass is 10.0. The molecule has 1 nitrogen and oxygen atoms in total. The van der Waals surface area contributed by atoms with E-state index < -0.39 is 0 Å². The summed E-state index contributed by atoms with van der Waals surface area (Å²) in [6.07, 6.45) is 1.15. The third-order valence-corrected chi connectivity index (χ3v) is 2.60. The zero-order valence-electron chi connectivity index (χ0n) is 11.6. The molecule has 0 aromatic heterocycles. The number of benzene rings is 1. The molecule has 16 heavy (non-hydrogen) atoms. The summed E-state index contributed by atoms with van der Waals surface area (Å²) in [7, 11) is 1.72. The molecule has 0 heterocycles. The monoisotopic (exact) mass is 222 g/mol. The van der Waals surface area contributed by atoms with Crippen molar-refractivity contribution >= 4 is 0 Å². The molecule has 92 valence electrons. The first-order chi connectivity index (χ1) is 7.52. The molecule has 0 amide bonds. The summed E-state index contributed by atoms with van der Waals surface area (Å²) in [6.45, 7) is 11.7. The maximum absolute atomic E-state index is 4.80. The Labute approximate surface area is 101 Å². The van der Waals surface area contributed by atoms with Crippen molar-refractivity contribution in [2.24, 2.45) is 5.92 Å². The molecule has 1 heteroatoms.